The number of allylic oxidation sites excluding steroid dienone is 2. The van der Waals surface area contributed by atoms with Gasteiger partial charge in [0, 0.05) is 0 Å². The van der Waals surface area contributed by atoms with Crippen LogP contribution in [0, 0.1) is 11.8 Å². The van der Waals surface area contributed by atoms with E-state index in [0.29, 0.717) is 5.92 Å². The van der Waals surface area contributed by atoms with Crippen molar-refractivity contribution in [3.05, 3.63) is 48.0 Å². The van der Waals surface area contributed by atoms with Crippen LogP contribution in [-0.2, 0) is 0 Å². The smallest absolute Gasteiger partial charge is 0.00962 e. The second-order valence-electron chi connectivity index (χ2n) is 4.47. The summed E-state index contributed by atoms with van der Waals surface area (Å²) >= 11 is 0. The largest absolute Gasteiger partial charge is 0.0854 e. The van der Waals surface area contributed by atoms with Crippen molar-refractivity contribution in [3.63, 3.8) is 0 Å². The van der Waals surface area contributed by atoms with Crippen LogP contribution in [0.3, 0.4) is 0 Å². The van der Waals surface area contributed by atoms with Crippen LogP contribution < -0.4 is 0 Å². The van der Waals surface area contributed by atoms with Gasteiger partial charge >= 0.3 is 0 Å². The van der Waals surface area contributed by atoms with Crippen LogP contribution in [0.15, 0.2) is 42.5 Å². The molecule has 0 saturated carbocycles. The quantitative estimate of drug-likeness (QED) is 0.581. The molecule has 0 aromatic heterocycles. The molecule has 1 unspecified atom stereocenters. The molecular weight excluding hydrogens is 168 g/mol. The second-order valence-corrected chi connectivity index (χ2v) is 4.47. The third-order valence-corrected chi connectivity index (χ3v) is 3.23. The highest BCUT2D eigenvalue weighted by Gasteiger charge is 2.22. The molecule has 0 aliphatic heterocycles. The molecule has 1 aliphatic rings. The van der Waals surface area contributed by atoms with Crippen LogP contribution in [0.4, 0.5) is 0 Å². The Hall–Kier alpha value is -1.04. The fraction of sp³-hybridized carbons (Fsp3) is 0.429. The highest BCUT2D eigenvalue weighted by Crippen LogP contribution is 2.35. The Morgan fingerprint density at radius 1 is 1.00 bits per heavy atom. The molecule has 2 rings (SSSR count). The molecule has 0 fully saturated rings. The molecule has 0 spiro atoms. The Morgan fingerprint density at radius 2 is 1.71 bits per heavy atom. The van der Waals surface area contributed by atoms with Crippen LogP contribution in [-0.4, -0.2) is 0 Å². The Morgan fingerprint density at radius 3 is 2.43 bits per heavy atom. The van der Waals surface area contributed by atoms with Gasteiger partial charge in [0.25, 0.3) is 0 Å². The molecule has 0 saturated heterocycles. The van der Waals surface area contributed by atoms with E-state index in [4.69, 9.17) is 0 Å². The minimum absolute atomic E-state index is 0.689. The molecular formula is C14H18. The molecule has 0 bridgehead atoms. The SMILES string of the molecule is C[C@@H]1C=C[C@@H](C)C(c2ccccc2)C1. The van der Waals surface area contributed by atoms with Crippen LogP contribution in [0.2, 0.25) is 0 Å². The van der Waals surface area contributed by atoms with E-state index in [1.165, 1.54) is 12.0 Å². The third-order valence-electron chi connectivity index (χ3n) is 3.23. The molecule has 3 atom stereocenters. The molecule has 0 radical (unpaired) electrons. The molecule has 0 heterocycles. The first-order chi connectivity index (χ1) is 6.77. The molecule has 0 nitrogen and oxygen atoms in total. The summed E-state index contributed by atoms with van der Waals surface area (Å²) in [6, 6.07) is 10.9. The predicted octanol–water partition coefficient (Wildman–Crippen LogP) is 4.00. The van der Waals surface area contributed by atoms with Crippen molar-refractivity contribution in [1.29, 1.82) is 0 Å². The average molecular weight is 186 g/mol. The highest BCUT2D eigenvalue weighted by atomic mass is 14.3. The van der Waals surface area contributed by atoms with Gasteiger partial charge in [0.1, 0.15) is 0 Å². The first kappa shape index (κ1) is 9.51. The van der Waals surface area contributed by atoms with Gasteiger partial charge in [0.15, 0.2) is 0 Å². The lowest BCUT2D eigenvalue weighted by Crippen LogP contribution is -2.15. The number of rotatable bonds is 1. The number of hydrogen-bond donors (Lipinski definition) is 0. The fourth-order valence-electron chi connectivity index (χ4n) is 2.33. The molecule has 0 heteroatoms. The summed E-state index contributed by atoms with van der Waals surface area (Å²) in [5.41, 5.74) is 1.50. The highest BCUT2D eigenvalue weighted by molar-refractivity contribution is 5.23. The summed E-state index contributed by atoms with van der Waals surface area (Å²) in [5, 5.41) is 0. The Balaban J connectivity index is 2.23. The first-order valence-corrected chi connectivity index (χ1v) is 5.50. The lowest BCUT2D eigenvalue weighted by atomic mass is 9.77. The van der Waals surface area contributed by atoms with E-state index in [1.54, 1.807) is 0 Å². The average Bonchev–Trinajstić information content (AvgIpc) is 2.23. The van der Waals surface area contributed by atoms with Crippen molar-refractivity contribution >= 4 is 0 Å². The Labute approximate surface area is 86.7 Å². The maximum Gasteiger partial charge on any atom is -0.00962 e. The fourth-order valence-corrected chi connectivity index (χ4v) is 2.33. The first-order valence-electron chi connectivity index (χ1n) is 5.50. The molecule has 1 aromatic carbocycles. The van der Waals surface area contributed by atoms with Gasteiger partial charge in [0.05, 0.1) is 0 Å². The summed E-state index contributed by atoms with van der Waals surface area (Å²) < 4.78 is 0. The van der Waals surface area contributed by atoms with E-state index >= 15 is 0 Å². The van der Waals surface area contributed by atoms with Gasteiger partial charge in [-0.3, -0.25) is 0 Å². The van der Waals surface area contributed by atoms with E-state index < -0.39 is 0 Å². The van der Waals surface area contributed by atoms with E-state index in [0.717, 1.165) is 11.8 Å². The van der Waals surface area contributed by atoms with Crippen molar-refractivity contribution in [3.8, 4) is 0 Å². The molecule has 0 N–H and O–H groups in total. The Kier molecular flexibility index (Phi) is 2.72. The van der Waals surface area contributed by atoms with E-state index in [-0.39, 0.29) is 0 Å². The van der Waals surface area contributed by atoms with Crippen LogP contribution in [0.1, 0.15) is 31.7 Å². The van der Waals surface area contributed by atoms with Crippen molar-refractivity contribution < 1.29 is 0 Å². The minimum atomic E-state index is 0.689. The molecule has 1 aliphatic carbocycles. The summed E-state index contributed by atoms with van der Waals surface area (Å²) in [5.74, 6) is 2.14. The second kappa shape index (κ2) is 4.00. The topological polar surface area (TPSA) is 0 Å². The van der Waals surface area contributed by atoms with Gasteiger partial charge in [-0.05, 0) is 29.7 Å². The maximum absolute atomic E-state index is 2.37. The zero-order chi connectivity index (χ0) is 9.97. The summed E-state index contributed by atoms with van der Waals surface area (Å²) in [6.07, 6.45) is 6.01. The summed E-state index contributed by atoms with van der Waals surface area (Å²) in [6.45, 7) is 4.62. The van der Waals surface area contributed by atoms with E-state index in [2.05, 4.69) is 56.3 Å². The predicted molar refractivity (Wildman–Crippen MR) is 61.3 cm³/mol. The third kappa shape index (κ3) is 1.89. The van der Waals surface area contributed by atoms with E-state index in [9.17, 15) is 0 Å². The number of hydrogen-bond acceptors (Lipinski definition) is 0. The van der Waals surface area contributed by atoms with Gasteiger partial charge in [-0.15, -0.1) is 0 Å². The van der Waals surface area contributed by atoms with Gasteiger partial charge in [-0.1, -0.05) is 56.3 Å². The van der Waals surface area contributed by atoms with Crippen LogP contribution >= 0.6 is 0 Å². The van der Waals surface area contributed by atoms with Crippen LogP contribution in [0.25, 0.3) is 0 Å². The molecule has 74 valence electrons. The molecule has 0 amide bonds. The molecule has 1 aromatic rings. The van der Waals surface area contributed by atoms with Crippen molar-refractivity contribution in [2.75, 3.05) is 0 Å². The monoisotopic (exact) mass is 186 g/mol. The number of benzene rings is 1. The summed E-state index contributed by atoms with van der Waals surface area (Å²) in [4.78, 5) is 0. The Bertz CT molecular complexity index is 310. The van der Waals surface area contributed by atoms with Crippen molar-refractivity contribution in [2.45, 2.75) is 26.2 Å². The van der Waals surface area contributed by atoms with Gasteiger partial charge < -0.3 is 0 Å². The maximum atomic E-state index is 2.37. The van der Waals surface area contributed by atoms with Gasteiger partial charge in [-0.25, -0.2) is 0 Å². The lowest BCUT2D eigenvalue weighted by Gasteiger charge is -2.28. The lowest BCUT2D eigenvalue weighted by molar-refractivity contribution is 0.430. The van der Waals surface area contributed by atoms with Crippen molar-refractivity contribution in [2.24, 2.45) is 11.8 Å². The van der Waals surface area contributed by atoms with Gasteiger partial charge in [0.2, 0.25) is 0 Å². The zero-order valence-corrected chi connectivity index (χ0v) is 8.98. The van der Waals surface area contributed by atoms with E-state index in [1.807, 2.05) is 0 Å². The zero-order valence-electron chi connectivity index (χ0n) is 8.98. The van der Waals surface area contributed by atoms with Crippen LogP contribution in [0.5, 0.6) is 0 Å². The normalized spacial score (nSPS) is 31.7. The van der Waals surface area contributed by atoms with Gasteiger partial charge in [-0.2, -0.15) is 0 Å². The summed E-state index contributed by atoms with van der Waals surface area (Å²) in [7, 11) is 0. The molecule has 14 heavy (non-hydrogen) atoms. The standard InChI is InChI=1S/C14H18/c1-11-8-9-12(2)14(10-11)13-6-4-3-5-7-13/h3-9,11-12,14H,10H2,1-2H3/t11-,12-,14?/m1/s1. The van der Waals surface area contributed by atoms with Crippen molar-refractivity contribution in [1.82, 2.24) is 0 Å². The minimum Gasteiger partial charge on any atom is -0.0854 e.